The molecule has 1 aromatic carbocycles. The molecule has 0 saturated heterocycles. The normalized spacial score (nSPS) is 9.39. The standard InChI is InChI=1S/C14H13NO2.BrH/c1-11(16)17-14-5-3-2-4-13(14)10-12-6-8-15-9-7-12;/h2-9H,10H2,1H3;1H. The zero-order valence-corrected chi connectivity index (χ0v) is 11.7. The maximum absolute atomic E-state index is 11.0. The second-order valence-electron chi connectivity index (χ2n) is 3.73. The number of pyridine rings is 1. The minimum Gasteiger partial charge on any atom is -0.426 e. The maximum Gasteiger partial charge on any atom is 0.308 e. The van der Waals surface area contributed by atoms with Crippen LogP contribution in [0.1, 0.15) is 18.1 Å². The van der Waals surface area contributed by atoms with Crippen LogP contribution in [0.2, 0.25) is 0 Å². The lowest BCUT2D eigenvalue weighted by atomic mass is 10.1. The van der Waals surface area contributed by atoms with E-state index in [0.717, 1.165) is 17.5 Å². The van der Waals surface area contributed by atoms with Gasteiger partial charge in [0.25, 0.3) is 0 Å². The Morgan fingerprint density at radius 2 is 1.83 bits per heavy atom. The van der Waals surface area contributed by atoms with Gasteiger partial charge in [-0.3, -0.25) is 9.78 Å². The highest BCUT2D eigenvalue weighted by atomic mass is 79.9. The molecule has 0 N–H and O–H groups in total. The fourth-order valence-electron chi connectivity index (χ4n) is 1.62. The molecular formula is C14H14BrNO2. The van der Waals surface area contributed by atoms with Gasteiger partial charge in [-0.25, -0.2) is 0 Å². The zero-order chi connectivity index (χ0) is 12.1. The number of halogens is 1. The molecule has 0 aliphatic carbocycles. The van der Waals surface area contributed by atoms with Gasteiger partial charge in [0.2, 0.25) is 0 Å². The van der Waals surface area contributed by atoms with Crippen molar-refractivity contribution in [2.24, 2.45) is 0 Å². The van der Waals surface area contributed by atoms with Crippen LogP contribution in [0.25, 0.3) is 0 Å². The molecule has 0 fully saturated rings. The van der Waals surface area contributed by atoms with Crippen molar-refractivity contribution in [1.82, 2.24) is 4.98 Å². The van der Waals surface area contributed by atoms with Crippen molar-refractivity contribution in [2.75, 3.05) is 0 Å². The molecule has 1 heterocycles. The summed E-state index contributed by atoms with van der Waals surface area (Å²) in [6.07, 6.45) is 4.24. The first-order valence-electron chi connectivity index (χ1n) is 5.41. The van der Waals surface area contributed by atoms with Gasteiger partial charge in [-0.2, -0.15) is 0 Å². The molecule has 0 radical (unpaired) electrons. The van der Waals surface area contributed by atoms with Crippen molar-refractivity contribution in [1.29, 1.82) is 0 Å². The maximum atomic E-state index is 11.0. The van der Waals surface area contributed by atoms with E-state index in [1.807, 2.05) is 30.3 Å². The molecule has 0 bridgehead atoms. The van der Waals surface area contributed by atoms with Gasteiger partial charge in [0.1, 0.15) is 5.75 Å². The van der Waals surface area contributed by atoms with E-state index in [-0.39, 0.29) is 23.0 Å². The van der Waals surface area contributed by atoms with Crippen LogP contribution in [-0.2, 0) is 11.2 Å². The van der Waals surface area contributed by atoms with E-state index in [1.54, 1.807) is 18.5 Å². The number of benzene rings is 1. The number of carbonyl (C=O) groups is 1. The summed E-state index contributed by atoms with van der Waals surface area (Å²) in [6, 6.07) is 11.4. The molecule has 0 amide bonds. The minimum atomic E-state index is -0.299. The molecule has 0 spiro atoms. The number of aromatic nitrogens is 1. The molecule has 0 unspecified atom stereocenters. The minimum absolute atomic E-state index is 0. The number of hydrogen-bond acceptors (Lipinski definition) is 3. The smallest absolute Gasteiger partial charge is 0.308 e. The van der Waals surface area contributed by atoms with Crippen LogP contribution in [0.5, 0.6) is 5.75 Å². The van der Waals surface area contributed by atoms with E-state index in [1.165, 1.54) is 6.92 Å². The van der Waals surface area contributed by atoms with Crippen molar-refractivity contribution in [2.45, 2.75) is 13.3 Å². The van der Waals surface area contributed by atoms with Gasteiger partial charge in [-0.1, -0.05) is 18.2 Å². The van der Waals surface area contributed by atoms with Gasteiger partial charge in [-0.05, 0) is 29.3 Å². The molecule has 0 aliphatic rings. The Morgan fingerprint density at radius 1 is 1.17 bits per heavy atom. The van der Waals surface area contributed by atoms with Gasteiger partial charge >= 0.3 is 5.97 Å². The third kappa shape index (κ3) is 3.96. The molecule has 18 heavy (non-hydrogen) atoms. The van der Waals surface area contributed by atoms with E-state index in [0.29, 0.717) is 5.75 Å². The molecule has 1 aromatic heterocycles. The topological polar surface area (TPSA) is 39.2 Å². The van der Waals surface area contributed by atoms with Gasteiger partial charge in [0, 0.05) is 25.7 Å². The Balaban J connectivity index is 0.00000162. The fourth-order valence-corrected chi connectivity index (χ4v) is 1.62. The molecule has 94 valence electrons. The monoisotopic (exact) mass is 307 g/mol. The van der Waals surface area contributed by atoms with Crippen LogP contribution in [0.15, 0.2) is 48.8 Å². The Bertz CT molecular complexity index is 514. The average molecular weight is 308 g/mol. The van der Waals surface area contributed by atoms with Crippen molar-refractivity contribution < 1.29 is 9.53 Å². The Hall–Kier alpha value is -1.68. The molecule has 2 rings (SSSR count). The summed E-state index contributed by atoms with van der Waals surface area (Å²) in [5, 5.41) is 0. The number of rotatable bonds is 3. The highest BCUT2D eigenvalue weighted by molar-refractivity contribution is 8.93. The van der Waals surface area contributed by atoms with E-state index in [4.69, 9.17) is 4.74 Å². The number of hydrogen-bond donors (Lipinski definition) is 0. The summed E-state index contributed by atoms with van der Waals surface area (Å²) >= 11 is 0. The van der Waals surface area contributed by atoms with Gasteiger partial charge < -0.3 is 4.74 Å². The van der Waals surface area contributed by atoms with Crippen molar-refractivity contribution in [3.63, 3.8) is 0 Å². The van der Waals surface area contributed by atoms with Crippen LogP contribution in [0, 0.1) is 0 Å². The fraction of sp³-hybridized carbons (Fsp3) is 0.143. The number of nitrogens with zero attached hydrogens (tertiary/aromatic N) is 1. The molecule has 4 heteroatoms. The molecule has 0 saturated carbocycles. The second kappa shape index (κ2) is 6.91. The SMILES string of the molecule is Br.CC(=O)Oc1ccccc1Cc1ccncc1. The van der Waals surface area contributed by atoms with E-state index < -0.39 is 0 Å². The quantitative estimate of drug-likeness (QED) is 0.646. The van der Waals surface area contributed by atoms with Crippen molar-refractivity contribution in [3.8, 4) is 5.75 Å². The Kier molecular flexibility index (Phi) is 5.52. The van der Waals surface area contributed by atoms with Gasteiger partial charge in [0.05, 0.1) is 0 Å². The van der Waals surface area contributed by atoms with Gasteiger partial charge in [-0.15, -0.1) is 17.0 Å². The summed E-state index contributed by atoms with van der Waals surface area (Å²) in [7, 11) is 0. The molecule has 2 aromatic rings. The number of esters is 1. The lowest BCUT2D eigenvalue weighted by molar-refractivity contribution is -0.131. The first kappa shape index (κ1) is 14.4. The lowest BCUT2D eigenvalue weighted by Gasteiger charge is -2.08. The largest absolute Gasteiger partial charge is 0.426 e. The highest BCUT2D eigenvalue weighted by Gasteiger charge is 2.05. The van der Waals surface area contributed by atoms with Crippen LogP contribution < -0.4 is 4.74 Å². The van der Waals surface area contributed by atoms with E-state index in [2.05, 4.69) is 4.98 Å². The third-order valence-corrected chi connectivity index (χ3v) is 2.37. The first-order chi connectivity index (χ1) is 8.25. The second-order valence-corrected chi connectivity index (χ2v) is 3.73. The highest BCUT2D eigenvalue weighted by Crippen LogP contribution is 2.21. The van der Waals surface area contributed by atoms with Crippen LogP contribution in [0.4, 0.5) is 0 Å². The lowest BCUT2D eigenvalue weighted by Crippen LogP contribution is -2.04. The van der Waals surface area contributed by atoms with Crippen molar-refractivity contribution in [3.05, 3.63) is 59.9 Å². The predicted octanol–water partition coefficient (Wildman–Crippen LogP) is 3.18. The Morgan fingerprint density at radius 3 is 2.50 bits per heavy atom. The van der Waals surface area contributed by atoms with Crippen LogP contribution in [0.3, 0.4) is 0 Å². The number of ether oxygens (including phenoxy) is 1. The Labute approximate surface area is 117 Å². The molecular weight excluding hydrogens is 294 g/mol. The van der Waals surface area contributed by atoms with E-state index in [9.17, 15) is 4.79 Å². The van der Waals surface area contributed by atoms with E-state index >= 15 is 0 Å². The van der Waals surface area contributed by atoms with Crippen molar-refractivity contribution >= 4 is 23.0 Å². The summed E-state index contributed by atoms with van der Waals surface area (Å²) in [4.78, 5) is 15.0. The average Bonchev–Trinajstić information content (AvgIpc) is 2.32. The third-order valence-electron chi connectivity index (χ3n) is 2.37. The molecule has 3 nitrogen and oxygen atoms in total. The summed E-state index contributed by atoms with van der Waals surface area (Å²) in [5.41, 5.74) is 2.13. The first-order valence-corrected chi connectivity index (χ1v) is 5.41. The van der Waals surface area contributed by atoms with Crippen LogP contribution in [-0.4, -0.2) is 11.0 Å². The van der Waals surface area contributed by atoms with Crippen LogP contribution >= 0.6 is 17.0 Å². The molecule has 0 atom stereocenters. The number of para-hydroxylation sites is 1. The predicted molar refractivity (Wildman–Crippen MR) is 75.1 cm³/mol. The number of carbonyl (C=O) groups excluding carboxylic acids is 1. The molecule has 0 aliphatic heterocycles. The summed E-state index contributed by atoms with van der Waals surface area (Å²) in [5.74, 6) is 0.323. The zero-order valence-electron chi connectivity index (χ0n) is 10.00. The van der Waals surface area contributed by atoms with Gasteiger partial charge in [0.15, 0.2) is 0 Å². The summed E-state index contributed by atoms with van der Waals surface area (Å²) < 4.78 is 5.16. The summed E-state index contributed by atoms with van der Waals surface area (Å²) in [6.45, 7) is 1.41.